The van der Waals surface area contributed by atoms with Crippen molar-refractivity contribution in [1.29, 1.82) is 0 Å². The fourth-order valence-electron chi connectivity index (χ4n) is 11.0. The van der Waals surface area contributed by atoms with Crippen LogP contribution in [-0.4, -0.2) is 0 Å². The average Bonchev–Trinajstić information content (AvgIpc) is 4.03. The van der Waals surface area contributed by atoms with Crippen LogP contribution in [0, 0.1) is 0 Å². The maximum Gasteiger partial charge on any atom is 0.145 e. The van der Waals surface area contributed by atoms with Crippen LogP contribution in [0.3, 0.4) is 0 Å². The van der Waals surface area contributed by atoms with E-state index in [1.807, 2.05) is 12.1 Å². The van der Waals surface area contributed by atoms with Crippen molar-refractivity contribution in [3.63, 3.8) is 0 Å². The normalized spacial score (nSPS) is 11.7. The van der Waals surface area contributed by atoms with Gasteiger partial charge in [-0.2, -0.15) is 0 Å². The van der Waals surface area contributed by atoms with Gasteiger partial charge in [-0.05, 0) is 126 Å². The number of benzene rings is 12. The molecule has 14 aromatic rings. The molecule has 0 saturated carbocycles. The third-order valence-electron chi connectivity index (χ3n) is 14.3. The lowest BCUT2D eigenvalue weighted by Crippen LogP contribution is -2.10. The van der Waals surface area contributed by atoms with Crippen LogP contribution in [0.1, 0.15) is 0 Å². The first kappa shape index (κ1) is 40.6. The van der Waals surface area contributed by atoms with Crippen molar-refractivity contribution in [2.24, 2.45) is 0 Å². The van der Waals surface area contributed by atoms with E-state index in [4.69, 9.17) is 8.83 Å². The first-order valence-electron chi connectivity index (χ1n) is 24.2. The Morgan fingerprint density at radius 2 is 0.676 bits per heavy atom. The van der Waals surface area contributed by atoms with Crippen molar-refractivity contribution in [3.05, 3.63) is 261 Å². The summed E-state index contributed by atoms with van der Waals surface area (Å²) in [5, 5.41) is 9.27. The lowest BCUT2D eigenvalue weighted by Gasteiger charge is -2.27. The Balaban J connectivity index is 0.911. The van der Waals surface area contributed by atoms with Crippen LogP contribution < -0.4 is 4.90 Å². The number of nitrogens with zero attached hydrogens (tertiary/aromatic N) is 1. The molecule has 0 fully saturated rings. The summed E-state index contributed by atoms with van der Waals surface area (Å²) >= 11 is 0. The van der Waals surface area contributed by atoms with Gasteiger partial charge in [0.05, 0.1) is 11.1 Å². The smallest absolute Gasteiger partial charge is 0.145 e. The van der Waals surface area contributed by atoms with Crippen LogP contribution in [0.15, 0.2) is 270 Å². The molecule has 0 atom stereocenters. The molecule has 3 nitrogen and oxygen atoms in total. The van der Waals surface area contributed by atoms with Crippen LogP contribution in [-0.2, 0) is 0 Å². The van der Waals surface area contributed by atoms with E-state index in [9.17, 15) is 0 Å². The SMILES string of the molecule is c1ccc(-c2cccc3oc4ccccc4c23)c(-c2ccc(N(c3ccc(-c4ccc(-c5cccc6ccccc56)cc4)cc3)c3ccc(-c4cccc5ccccc45)c4oc5ccccc5c34)cc2)c1. The minimum atomic E-state index is 0.853. The summed E-state index contributed by atoms with van der Waals surface area (Å²) in [5.41, 5.74) is 18.1. The molecule has 0 aliphatic carbocycles. The summed E-state index contributed by atoms with van der Waals surface area (Å²) in [5.74, 6) is 0. The van der Waals surface area contributed by atoms with Crippen molar-refractivity contribution in [2.45, 2.75) is 0 Å². The summed E-state index contributed by atoms with van der Waals surface area (Å²) < 4.78 is 13.3. The van der Waals surface area contributed by atoms with E-state index < -0.39 is 0 Å². The molecular formula is C68H43NO2. The van der Waals surface area contributed by atoms with Crippen molar-refractivity contribution in [2.75, 3.05) is 4.90 Å². The number of hydrogen-bond donors (Lipinski definition) is 0. The van der Waals surface area contributed by atoms with Gasteiger partial charge in [0.1, 0.15) is 22.3 Å². The minimum Gasteiger partial charge on any atom is -0.456 e. The Morgan fingerprint density at radius 3 is 1.37 bits per heavy atom. The molecule has 332 valence electrons. The molecule has 14 rings (SSSR count). The molecule has 12 aromatic carbocycles. The highest BCUT2D eigenvalue weighted by atomic mass is 16.3. The molecule has 2 heterocycles. The monoisotopic (exact) mass is 905 g/mol. The molecule has 3 heteroatoms. The van der Waals surface area contributed by atoms with E-state index in [1.165, 1.54) is 32.7 Å². The standard InChI is InChI=1S/C68H43NO2/c1-3-18-52-46(14-1)16-11-24-53(52)48-32-30-44(31-33-48)45-34-38-50(39-35-45)69(62-43-42-59(57-25-12-17-47-15-2-4-19-54(47)57)68-67(62)61-23-8-10-28-64(61)71-68)51-40-36-49(37-41-51)55-20-5-6-21-56(55)58-26-13-29-65-66(58)60-22-7-9-27-63(60)70-65/h1-43H. The zero-order chi connectivity index (χ0) is 46.8. The van der Waals surface area contributed by atoms with Gasteiger partial charge in [-0.25, -0.2) is 0 Å². The van der Waals surface area contributed by atoms with E-state index in [1.54, 1.807) is 0 Å². The van der Waals surface area contributed by atoms with Crippen molar-refractivity contribution in [1.82, 2.24) is 0 Å². The highest BCUT2D eigenvalue weighted by molar-refractivity contribution is 6.19. The van der Waals surface area contributed by atoms with Gasteiger partial charge in [-0.3, -0.25) is 0 Å². The highest BCUT2D eigenvalue weighted by Gasteiger charge is 2.24. The third-order valence-corrected chi connectivity index (χ3v) is 14.3. The molecule has 0 unspecified atom stereocenters. The number of fused-ring (bicyclic) bond motifs is 8. The van der Waals surface area contributed by atoms with Crippen molar-refractivity contribution >= 4 is 82.5 Å². The Morgan fingerprint density at radius 1 is 0.239 bits per heavy atom. The second kappa shape index (κ2) is 16.7. The average molecular weight is 906 g/mol. The molecule has 0 spiro atoms. The molecule has 0 bridgehead atoms. The molecule has 0 amide bonds. The van der Waals surface area contributed by atoms with E-state index in [2.05, 4.69) is 254 Å². The third kappa shape index (κ3) is 6.82. The maximum atomic E-state index is 6.94. The first-order valence-corrected chi connectivity index (χ1v) is 24.2. The van der Waals surface area contributed by atoms with Crippen LogP contribution in [0.4, 0.5) is 17.1 Å². The molecular weight excluding hydrogens is 863 g/mol. The van der Waals surface area contributed by atoms with Crippen LogP contribution in [0.25, 0.3) is 121 Å². The number of rotatable bonds is 8. The summed E-state index contributed by atoms with van der Waals surface area (Å²) in [7, 11) is 0. The Bertz CT molecular complexity index is 4320. The molecule has 0 saturated heterocycles. The van der Waals surface area contributed by atoms with Crippen LogP contribution in [0.2, 0.25) is 0 Å². The second-order valence-corrected chi connectivity index (χ2v) is 18.3. The van der Waals surface area contributed by atoms with Crippen molar-refractivity contribution in [3.8, 4) is 55.6 Å². The zero-order valence-corrected chi connectivity index (χ0v) is 38.6. The molecule has 71 heavy (non-hydrogen) atoms. The summed E-state index contributed by atoms with van der Waals surface area (Å²) in [4.78, 5) is 2.39. The largest absolute Gasteiger partial charge is 0.456 e. The van der Waals surface area contributed by atoms with E-state index in [0.29, 0.717) is 0 Å². The maximum absolute atomic E-state index is 6.94. The minimum absolute atomic E-state index is 0.853. The highest BCUT2D eigenvalue weighted by Crippen LogP contribution is 2.48. The summed E-state index contributed by atoms with van der Waals surface area (Å²) in [6.07, 6.45) is 0. The van der Waals surface area contributed by atoms with Gasteiger partial charge in [0, 0.05) is 33.1 Å². The first-order chi connectivity index (χ1) is 35.2. The second-order valence-electron chi connectivity index (χ2n) is 18.3. The molecule has 0 N–H and O–H groups in total. The zero-order valence-electron chi connectivity index (χ0n) is 38.6. The predicted octanol–water partition coefficient (Wildman–Crippen LogP) is 19.6. The van der Waals surface area contributed by atoms with Gasteiger partial charge < -0.3 is 13.7 Å². The topological polar surface area (TPSA) is 29.5 Å². The molecule has 0 aliphatic heterocycles. The molecule has 0 radical (unpaired) electrons. The van der Waals surface area contributed by atoms with Gasteiger partial charge in [0.25, 0.3) is 0 Å². The van der Waals surface area contributed by atoms with Crippen molar-refractivity contribution < 1.29 is 8.83 Å². The summed E-state index contributed by atoms with van der Waals surface area (Å²) in [6, 6.07) is 93.6. The quantitative estimate of drug-likeness (QED) is 0.152. The predicted molar refractivity (Wildman–Crippen MR) is 298 cm³/mol. The molecule has 0 aliphatic rings. The fraction of sp³-hybridized carbons (Fsp3) is 0. The van der Waals surface area contributed by atoms with Gasteiger partial charge >= 0.3 is 0 Å². The lowest BCUT2D eigenvalue weighted by atomic mass is 9.92. The van der Waals surface area contributed by atoms with Gasteiger partial charge in [0.15, 0.2) is 0 Å². The van der Waals surface area contributed by atoms with Gasteiger partial charge in [-0.1, -0.05) is 206 Å². The fourth-order valence-corrected chi connectivity index (χ4v) is 11.0. The number of anilines is 3. The van der Waals surface area contributed by atoms with Crippen LogP contribution in [0.5, 0.6) is 0 Å². The van der Waals surface area contributed by atoms with Gasteiger partial charge in [-0.15, -0.1) is 0 Å². The molecule has 2 aromatic heterocycles. The van der Waals surface area contributed by atoms with Gasteiger partial charge in [0.2, 0.25) is 0 Å². The Hall–Kier alpha value is -9.44. The number of para-hydroxylation sites is 2. The van der Waals surface area contributed by atoms with Crippen LogP contribution >= 0.6 is 0 Å². The Kier molecular flexibility index (Phi) is 9.53. The number of hydrogen-bond acceptors (Lipinski definition) is 3. The summed E-state index contributed by atoms with van der Waals surface area (Å²) in [6.45, 7) is 0. The Labute approximate surface area is 410 Å². The van der Waals surface area contributed by atoms with E-state index in [-0.39, 0.29) is 0 Å². The van der Waals surface area contributed by atoms with E-state index >= 15 is 0 Å². The van der Waals surface area contributed by atoms with E-state index in [0.717, 1.165) is 105 Å². The lowest BCUT2D eigenvalue weighted by molar-refractivity contribution is 0.669. The number of furan rings is 2.